The van der Waals surface area contributed by atoms with Gasteiger partial charge in [0.25, 0.3) is 0 Å². The van der Waals surface area contributed by atoms with Crippen molar-refractivity contribution < 1.29 is 4.74 Å². The van der Waals surface area contributed by atoms with Crippen molar-refractivity contribution in [2.45, 2.75) is 31.2 Å². The fourth-order valence-electron chi connectivity index (χ4n) is 3.16. The lowest BCUT2D eigenvalue weighted by Crippen LogP contribution is -2.39. The van der Waals surface area contributed by atoms with Crippen LogP contribution in [0.2, 0.25) is 0 Å². The first-order valence-corrected chi connectivity index (χ1v) is 7.00. The van der Waals surface area contributed by atoms with E-state index < -0.39 is 5.54 Å². The maximum Gasteiger partial charge on any atom is 0.119 e. The van der Waals surface area contributed by atoms with E-state index in [2.05, 4.69) is 24.0 Å². The third-order valence-corrected chi connectivity index (χ3v) is 4.37. The number of benzene rings is 1. The highest BCUT2D eigenvalue weighted by Gasteiger charge is 2.38. The Bertz CT molecular complexity index is 622. The third-order valence-electron chi connectivity index (χ3n) is 4.37. The zero-order valence-corrected chi connectivity index (χ0v) is 12.0. The number of nitrogens with zero attached hydrogens (tertiary/aromatic N) is 1. The molecule has 2 unspecified atom stereocenters. The van der Waals surface area contributed by atoms with Crippen molar-refractivity contribution in [2.24, 2.45) is 5.73 Å². The maximum absolute atomic E-state index is 6.69. The van der Waals surface area contributed by atoms with Gasteiger partial charge in [-0.15, -0.1) is 0 Å². The molecule has 0 aliphatic heterocycles. The van der Waals surface area contributed by atoms with Crippen LogP contribution in [-0.2, 0) is 12.0 Å². The van der Waals surface area contributed by atoms with Gasteiger partial charge in [0.05, 0.1) is 7.11 Å². The molecule has 0 amide bonds. The van der Waals surface area contributed by atoms with E-state index in [0.717, 1.165) is 29.8 Å². The van der Waals surface area contributed by atoms with Crippen molar-refractivity contribution >= 4 is 0 Å². The number of methoxy groups -OCH3 is 1. The average Bonchev–Trinajstić information content (AvgIpc) is 2.92. The van der Waals surface area contributed by atoms with Gasteiger partial charge in [-0.1, -0.05) is 18.2 Å². The molecule has 20 heavy (non-hydrogen) atoms. The molecule has 1 aromatic heterocycles. The van der Waals surface area contributed by atoms with Crippen molar-refractivity contribution in [1.82, 2.24) is 4.98 Å². The highest BCUT2D eigenvalue weighted by atomic mass is 16.5. The SMILES string of the molecule is COc1cccc(C(C)(N)C2CCc3cccnc32)c1. The number of ether oxygens (including phenoxy) is 1. The first kappa shape index (κ1) is 13.1. The van der Waals surface area contributed by atoms with Gasteiger partial charge in [-0.05, 0) is 49.1 Å². The minimum Gasteiger partial charge on any atom is -0.497 e. The van der Waals surface area contributed by atoms with Crippen LogP contribution in [0.1, 0.15) is 36.1 Å². The van der Waals surface area contributed by atoms with Crippen LogP contribution in [0.25, 0.3) is 0 Å². The molecule has 1 aliphatic rings. The van der Waals surface area contributed by atoms with Crippen LogP contribution in [0.4, 0.5) is 0 Å². The molecule has 3 nitrogen and oxygen atoms in total. The molecular formula is C17H20N2O. The zero-order valence-electron chi connectivity index (χ0n) is 12.0. The van der Waals surface area contributed by atoms with Crippen LogP contribution in [0.3, 0.4) is 0 Å². The summed E-state index contributed by atoms with van der Waals surface area (Å²) in [6, 6.07) is 12.2. The van der Waals surface area contributed by atoms with Gasteiger partial charge in [0, 0.05) is 23.3 Å². The summed E-state index contributed by atoms with van der Waals surface area (Å²) in [4.78, 5) is 4.56. The van der Waals surface area contributed by atoms with Gasteiger partial charge < -0.3 is 10.5 Å². The second kappa shape index (κ2) is 4.91. The summed E-state index contributed by atoms with van der Waals surface area (Å²) in [5.74, 6) is 1.10. The zero-order chi connectivity index (χ0) is 14.2. The highest BCUT2D eigenvalue weighted by Crippen LogP contribution is 2.43. The number of aromatic nitrogens is 1. The topological polar surface area (TPSA) is 48.1 Å². The fraction of sp³-hybridized carbons (Fsp3) is 0.353. The Balaban J connectivity index is 2.00. The lowest BCUT2D eigenvalue weighted by atomic mass is 9.79. The molecule has 0 saturated heterocycles. The summed E-state index contributed by atoms with van der Waals surface area (Å²) in [5.41, 5.74) is 9.83. The van der Waals surface area contributed by atoms with Crippen molar-refractivity contribution in [3.05, 3.63) is 59.4 Å². The second-order valence-corrected chi connectivity index (χ2v) is 5.65. The standard InChI is InChI=1S/C17H20N2O/c1-17(18,13-6-3-7-14(11-13)20-2)15-9-8-12-5-4-10-19-16(12)15/h3-7,10-11,15H,8-9,18H2,1-2H3. The largest absolute Gasteiger partial charge is 0.497 e. The number of rotatable bonds is 3. The average molecular weight is 268 g/mol. The molecule has 3 heteroatoms. The van der Waals surface area contributed by atoms with Crippen molar-refractivity contribution in [3.63, 3.8) is 0 Å². The van der Waals surface area contributed by atoms with Crippen LogP contribution in [0.15, 0.2) is 42.6 Å². The lowest BCUT2D eigenvalue weighted by molar-refractivity contribution is 0.375. The molecule has 2 N–H and O–H groups in total. The third kappa shape index (κ3) is 2.08. The van der Waals surface area contributed by atoms with Gasteiger partial charge in [0.1, 0.15) is 5.75 Å². The van der Waals surface area contributed by atoms with Crippen molar-refractivity contribution in [3.8, 4) is 5.75 Å². The monoisotopic (exact) mass is 268 g/mol. The molecule has 1 aliphatic carbocycles. The van der Waals surface area contributed by atoms with Crippen LogP contribution in [0.5, 0.6) is 5.75 Å². The normalized spacial score (nSPS) is 20.2. The van der Waals surface area contributed by atoms with E-state index in [1.54, 1.807) is 7.11 Å². The number of nitrogens with two attached hydrogens (primary N) is 1. The van der Waals surface area contributed by atoms with E-state index in [0.29, 0.717) is 0 Å². The molecule has 0 bridgehead atoms. The van der Waals surface area contributed by atoms with Gasteiger partial charge in [-0.25, -0.2) is 0 Å². The Kier molecular flexibility index (Phi) is 3.22. The summed E-state index contributed by atoms with van der Waals surface area (Å²) in [6.45, 7) is 2.09. The Morgan fingerprint density at radius 3 is 2.95 bits per heavy atom. The molecule has 0 spiro atoms. The number of aryl methyl sites for hydroxylation is 1. The molecule has 0 fully saturated rings. The Hall–Kier alpha value is -1.87. The van der Waals surface area contributed by atoms with Crippen LogP contribution >= 0.6 is 0 Å². The number of pyridine rings is 1. The van der Waals surface area contributed by atoms with E-state index in [9.17, 15) is 0 Å². The fourth-order valence-corrected chi connectivity index (χ4v) is 3.16. The summed E-state index contributed by atoms with van der Waals surface area (Å²) < 4.78 is 5.31. The molecular weight excluding hydrogens is 248 g/mol. The molecule has 1 heterocycles. The minimum atomic E-state index is -0.436. The summed E-state index contributed by atoms with van der Waals surface area (Å²) in [7, 11) is 1.68. The first-order valence-electron chi connectivity index (χ1n) is 7.00. The summed E-state index contributed by atoms with van der Waals surface area (Å²) >= 11 is 0. The van der Waals surface area contributed by atoms with E-state index >= 15 is 0 Å². The van der Waals surface area contributed by atoms with E-state index in [4.69, 9.17) is 10.5 Å². The van der Waals surface area contributed by atoms with E-state index in [1.165, 1.54) is 5.56 Å². The minimum absolute atomic E-state index is 0.255. The predicted octanol–water partition coefficient (Wildman–Crippen LogP) is 2.99. The van der Waals surface area contributed by atoms with Crippen LogP contribution in [0, 0.1) is 0 Å². The molecule has 1 aromatic carbocycles. The van der Waals surface area contributed by atoms with Gasteiger partial charge >= 0.3 is 0 Å². The molecule has 104 valence electrons. The summed E-state index contributed by atoms with van der Waals surface area (Å²) in [6.07, 6.45) is 3.97. The number of hydrogen-bond acceptors (Lipinski definition) is 3. The lowest BCUT2D eigenvalue weighted by Gasteiger charge is -2.32. The van der Waals surface area contributed by atoms with E-state index in [-0.39, 0.29) is 5.92 Å². The van der Waals surface area contributed by atoms with Gasteiger partial charge in [0.2, 0.25) is 0 Å². The number of hydrogen-bond donors (Lipinski definition) is 1. The van der Waals surface area contributed by atoms with Crippen molar-refractivity contribution in [2.75, 3.05) is 7.11 Å². The Morgan fingerprint density at radius 1 is 1.30 bits per heavy atom. The van der Waals surface area contributed by atoms with Crippen LogP contribution in [-0.4, -0.2) is 12.1 Å². The molecule has 3 rings (SSSR count). The smallest absolute Gasteiger partial charge is 0.119 e. The quantitative estimate of drug-likeness (QED) is 0.931. The molecule has 0 radical (unpaired) electrons. The highest BCUT2D eigenvalue weighted by molar-refractivity contribution is 5.39. The molecule has 2 atom stereocenters. The van der Waals surface area contributed by atoms with E-state index in [1.807, 2.05) is 30.5 Å². The predicted molar refractivity (Wildman–Crippen MR) is 79.8 cm³/mol. The first-order chi connectivity index (χ1) is 9.63. The Morgan fingerprint density at radius 2 is 2.15 bits per heavy atom. The molecule has 0 saturated carbocycles. The van der Waals surface area contributed by atoms with Crippen LogP contribution < -0.4 is 10.5 Å². The second-order valence-electron chi connectivity index (χ2n) is 5.65. The number of fused-ring (bicyclic) bond motifs is 1. The Labute approximate surface area is 119 Å². The maximum atomic E-state index is 6.69. The van der Waals surface area contributed by atoms with Gasteiger partial charge in [-0.3, -0.25) is 4.98 Å². The van der Waals surface area contributed by atoms with Gasteiger partial charge in [-0.2, -0.15) is 0 Å². The van der Waals surface area contributed by atoms with Gasteiger partial charge in [0.15, 0.2) is 0 Å². The summed E-state index contributed by atoms with van der Waals surface area (Å²) in [5, 5.41) is 0. The van der Waals surface area contributed by atoms with Crippen molar-refractivity contribution in [1.29, 1.82) is 0 Å². The molecule has 2 aromatic rings.